The molecule has 0 saturated heterocycles. The fourth-order valence-electron chi connectivity index (χ4n) is 2.18. The summed E-state index contributed by atoms with van der Waals surface area (Å²) in [5.74, 6) is 0. The van der Waals surface area contributed by atoms with E-state index in [0.717, 1.165) is 4.57 Å². The molecule has 3 aromatic heterocycles. The molecule has 0 atom stereocenters. The quantitative estimate of drug-likeness (QED) is 0.642. The zero-order valence-electron chi connectivity index (χ0n) is 11.3. The summed E-state index contributed by atoms with van der Waals surface area (Å²) in [4.78, 5) is 46.4. The smallest absolute Gasteiger partial charge is 0.303 e. The van der Waals surface area contributed by atoms with Crippen LogP contribution >= 0.6 is 0 Å². The SMILES string of the molecule is Cn1c(=O)c2c(-c3ccccn3)[nH]c(=O)nc2n(C)c1=O. The van der Waals surface area contributed by atoms with E-state index in [0.29, 0.717) is 5.69 Å². The summed E-state index contributed by atoms with van der Waals surface area (Å²) in [6.07, 6.45) is 1.55. The van der Waals surface area contributed by atoms with Crippen LogP contribution in [0.15, 0.2) is 38.8 Å². The van der Waals surface area contributed by atoms with Gasteiger partial charge in [0.1, 0.15) is 5.39 Å². The summed E-state index contributed by atoms with van der Waals surface area (Å²) in [7, 11) is 2.83. The molecule has 1 N–H and O–H groups in total. The summed E-state index contributed by atoms with van der Waals surface area (Å²) in [6, 6.07) is 5.12. The van der Waals surface area contributed by atoms with Crippen LogP contribution in [0.2, 0.25) is 0 Å². The van der Waals surface area contributed by atoms with Gasteiger partial charge < -0.3 is 4.98 Å². The molecule has 0 aliphatic heterocycles. The minimum atomic E-state index is -0.647. The average molecular weight is 285 g/mol. The molecular weight excluding hydrogens is 274 g/mol. The number of fused-ring (bicyclic) bond motifs is 1. The number of aromatic nitrogens is 5. The van der Waals surface area contributed by atoms with Gasteiger partial charge in [-0.1, -0.05) is 6.07 Å². The van der Waals surface area contributed by atoms with E-state index in [2.05, 4.69) is 15.0 Å². The fourth-order valence-corrected chi connectivity index (χ4v) is 2.18. The van der Waals surface area contributed by atoms with E-state index in [4.69, 9.17) is 0 Å². The van der Waals surface area contributed by atoms with Gasteiger partial charge >= 0.3 is 11.4 Å². The largest absolute Gasteiger partial charge is 0.347 e. The minimum absolute atomic E-state index is 0.0347. The van der Waals surface area contributed by atoms with Gasteiger partial charge in [-0.15, -0.1) is 0 Å². The third-order valence-electron chi connectivity index (χ3n) is 3.24. The van der Waals surface area contributed by atoms with Gasteiger partial charge in [-0.2, -0.15) is 4.98 Å². The first kappa shape index (κ1) is 13.0. The van der Waals surface area contributed by atoms with Crippen molar-refractivity contribution in [2.45, 2.75) is 0 Å². The fraction of sp³-hybridized carbons (Fsp3) is 0.154. The van der Waals surface area contributed by atoms with Crippen molar-refractivity contribution in [3.8, 4) is 11.4 Å². The Morgan fingerprint density at radius 2 is 1.86 bits per heavy atom. The van der Waals surface area contributed by atoms with Gasteiger partial charge in [-0.05, 0) is 12.1 Å². The minimum Gasteiger partial charge on any atom is -0.303 e. The van der Waals surface area contributed by atoms with E-state index in [-0.39, 0.29) is 16.7 Å². The molecule has 0 aliphatic carbocycles. The first-order valence-electron chi connectivity index (χ1n) is 6.12. The second-order valence-corrected chi connectivity index (χ2v) is 4.54. The molecule has 106 valence electrons. The number of rotatable bonds is 1. The Bertz CT molecular complexity index is 1010. The van der Waals surface area contributed by atoms with Gasteiger partial charge in [0.15, 0.2) is 5.65 Å². The van der Waals surface area contributed by atoms with Crippen molar-refractivity contribution >= 4 is 11.0 Å². The lowest BCUT2D eigenvalue weighted by molar-refractivity contribution is 0.705. The van der Waals surface area contributed by atoms with Crippen molar-refractivity contribution in [1.82, 2.24) is 24.1 Å². The van der Waals surface area contributed by atoms with Gasteiger partial charge in [-0.3, -0.25) is 18.9 Å². The molecule has 0 fully saturated rings. The van der Waals surface area contributed by atoms with Crippen molar-refractivity contribution in [3.05, 3.63) is 55.7 Å². The van der Waals surface area contributed by atoms with Crippen molar-refractivity contribution in [1.29, 1.82) is 0 Å². The predicted octanol–water partition coefficient (Wildman–Crippen LogP) is -0.618. The number of nitrogens with zero attached hydrogens (tertiary/aromatic N) is 4. The second kappa shape index (κ2) is 4.51. The summed E-state index contributed by atoms with van der Waals surface area (Å²) in [5.41, 5.74) is -1.01. The third kappa shape index (κ3) is 1.88. The molecule has 8 heteroatoms. The van der Waals surface area contributed by atoms with Crippen LogP contribution in [0.4, 0.5) is 0 Å². The van der Waals surface area contributed by atoms with E-state index in [1.807, 2.05) is 0 Å². The molecule has 21 heavy (non-hydrogen) atoms. The Labute approximate surface area is 117 Å². The third-order valence-corrected chi connectivity index (χ3v) is 3.24. The Kier molecular flexibility index (Phi) is 2.79. The highest BCUT2D eigenvalue weighted by Gasteiger charge is 2.16. The summed E-state index contributed by atoms with van der Waals surface area (Å²) in [6.45, 7) is 0. The van der Waals surface area contributed by atoms with E-state index >= 15 is 0 Å². The lowest BCUT2D eigenvalue weighted by Gasteiger charge is -2.09. The molecule has 0 aliphatic rings. The molecule has 0 aromatic carbocycles. The monoisotopic (exact) mass is 285 g/mol. The maximum Gasteiger partial charge on any atom is 0.347 e. The molecule has 3 rings (SSSR count). The Hall–Kier alpha value is -3.03. The Morgan fingerprint density at radius 3 is 2.52 bits per heavy atom. The highest BCUT2D eigenvalue weighted by atomic mass is 16.2. The molecular formula is C13H11N5O3. The zero-order valence-corrected chi connectivity index (χ0v) is 11.3. The second-order valence-electron chi connectivity index (χ2n) is 4.54. The molecule has 0 unspecified atom stereocenters. The predicted molar refractivity (Wildman–Crippen MR) is 76.1 cm³/mol. The van der Waals surface area contributed by atoms with Gasteiger partial charge in [-0.25, -0.2) is 9.59 Å². The number of H-pyrrole nitrogens is 1. The maximum absolute atomic E-state index is 12.4. The highest BCUT2D eigenvalue weighted by molar-refractivity contribution is 5.88. The number of hydrogen-bond acceptors (Lipinski definition) is 5. The van der Waals surface area contributed by atoms with Gasteiger partial charge in [0, 0.05) is 20.3 Å². The summed E-state index contributed by atoms with van der Waals surface area (Å²) in [5, 5.41) is 0.151. The van der Waals surface area contributed by atoms with Crippen LogP contribution in [0.5, 0.6) is 0 Å². The van der Waals surface area contributed by atoms with Gasteiger partial charge in [0.05, 0.1) is 11.4 Å². The maximum atomic E-state index is 12.4. The Balaban J connectivity index is 2.62. The van der Waals surface area contributed by atoms with Crippen molar-refractivity contribution < 1.29 is 0 Å². The van der Waals surface area contributed by atoms with Gasteiger partial charge in [0.2, 0.25) is 0 Å². The number of aryl methyl sites for hydroxylation is 1. The van der Waals surface area contributed by atoms with Crippen LogP contribution in [0.25, 0.3) is 22.4 Å². The van der Waals surface area contributed by atoms with Crippen LogP contribution in [0.1, 0.15) is 0 Å². The van der Waals surface area contributed by atoms with E-state index in [1.54, 1.807) is 24.4 Å². The van der Waals surface area contributed by atoms with Crippen LogP contribution in [-0.2, 0) is 14.1 Å². The number of pyridine rings is 1. The van der Waals surface area contributed by atoms with E-state index < -0.39 is 16.9 Å². The van der Waals surface area contributed by atoms with Crippen LogP contribution < -0.4 is 16.9 Å². The lowest BCUT2D eigenvalue weighted by atomic mass is 10.2. The number of nitrogens with one attached hydrogen (secondary N) is 1. The Morgan fingerprint density at radius 1 is 1.10 bits per heavy atom. The van der Waals surface area contributed by atoms with Crippen LogP contribution in [0.3, 0.4) is 0 Å². The molecule has 3 aromatic rings. The molecule has 0 saturated carbocycles. The van der Waals surface area contributed by atoms with E-state index in [1.165, 1.54) is 18.7 Å². The molecule has 0 radical (unpaired) electrons. The molecule has 8 nitrogen and oxygen atoms in total. The number of aromatic amines is 1. The van der Waals surface area contributed by atoms with Crippen LogP contribution in [0, 0.1) is 0 Å². The first-order valence-corrected chi connectivity index (χ1v) is 6.12. The first-order chi connectivity index (χ1) is 10.0. The van der Waals surface area contributed by atoms with Gasteiger partial charge in [0.25, 0.3) is 5.56 Å². The molecule has 3 heterocycles. The highest BCUT2D eigenvalue weighted by Crippen LogP contribution is 2.18. The summed E-state index contributed by atoms with van der Waals surface area (Å²) >= 11 is 0. The molecule has 0 spiro atoms. The van der Waals surface area contributed by atoms with Crippen LogP contribution in [-0.4, -0.2) is 24.1 Å². The normalized spacial score (nSPS) is 11.0. The zero-order chi connectivity index (χ0) is 15.1. The molecule has 0 bridgehead atoms. The van der Waals surface area contributed by atoms with Crippen molar-refractivity contribution in [3.63, 3.8) is 0 Å². The van der Waals surface area contributed by atoms with E-state index in [9.17, 15) is 14.4 Å². The standard InChI is InChI=1S/C13H11N5O3/c1-17-10-8(11(19)18(2)13(17)21)9(15-12(20)16-10)7-5-3-4-6-14-7/h3-6H,1-2H3,(H,15,16,20). The average Bonchev–Trinajstić information content (AvgIpc) is 2.51. The lowest BCUT2D eigenvalue weighted by Crippen LogP contribution is -2.38. The van der Waals surface area contributed by atoms with Crippen molar-refractivity contribution in [2.75, 3.05) is 0 Å². The number of hydrogen-bond donors (Lipinski definition) is 1. The topological polar surface area (TPSA) is 103 Å². The summed E-state index contributed by atoms with van der Waals surface area (Å²) < 4.78 is 2.13. The van der Waals surface area contributed by atoms with Crippen molar-refractivity contribution in [2.24, 2.45) is 14.1 Å². The molecule has 0 amide bonds.